The second-order valence-electron chi connectivity index (χ2n) is 6.09. The van der Waals surface area contributed by atoms with E-state index in [1.54, 1.807) is 12.1 Å². The lowest BCUT2D eigenvalue weighted by molar-refractivity contribution is -0.143. The quantitative estimate of drug-likeness (QED) is 0.908. The molecule has 0 aromatic heterocycles. The van der Waals surface area contributed by atoms with E-state index in [4.69, 9.17) is 22.1 Å². The molecule has 2 fully saturated rings. The normalized spacial score (nSPS) is 28.9. The molecule has 1 aliphatic carbocycles. The first-order valence-corrected chi connectivity index (χ1v) is 8.03. The molecule has 1 saturated carbocycles. The van der Waals surface area contributed by atoms with Crippen molar-refractivity contribution in [1.29, 1.82) is 0 Å². The summed E-state index contributed by atoms with van der Waals surface area (Å²) < 4.78 is 19.0. The molecular weight excluding hydrogens is 307 g/mol. The van der Waals surface area contributed by atoms with Crippen LogP contribution in [0.3, 0.4) is 0 Å². The zero-order valence-electron chi connectivity index (χ0n) is 12.3. The lowest BCUT2D eigenvalue weighted by Crippen LogP contribution is -2.44. The molecular formula is C16H20ClFN2O2. The largest absolute Gasteiger partial charge is 0.370 e. The van der Waals surface area contributed by atoms with E-state index in [1.165, 1.54) is 6.07 Å². The zero-order valence-corrected chi connectivity index (χ0v) is 13.1. The standard InChI is InChI=1S/C16H20ClFN2O2/c17-13-8-10(2-4-14(13)18)15-9-20(5-6-22-15)16(21)11-1-3-12(19)7-11/h2,4,8,11-12,15H,1,3,5-7,9,19H2/t11-,12-,15+/m1/s1. The molecule has 1 aromatic rings. The second kappa shape index (κ2) is 6.52. The molecule has 1 amide bonds. The maximum absolute atomic E-state index is 13.3. The van der Waals surface area contributed by atoms with Gasteiger partial charge in [-0.25, -0.2) is 4.39 Å². The summed E-state index contributed by atoms with van der Waals surface area (Å²) in [6.07, 6.45) is 2.29. The van der Waals surface area contributed by atoms with E-state index >= 15 is 0 Å². The van der Waals surface area contributed by atoms with Crippen molar-refractivity contribution in [2.45, 2.75) is 31.4 Å². The molecule has 1 aliphatic heterocycles. The smallest absolute Gasteiger partial charge is 0.225 e. The number of hydrogen-bond donors (Lipinski definition) is 1. The van der Waals surface area contributed by atoms with Gasteiger partial charge in [-0.1, -0.05) is 17.7 Å². The lowest BCUT2D eigenvalue weighted by atomic mass is 10.0. The molecule has 3 rings (SSSR count). The number of hydrogen-bond acceptors (Lipinski definition) is 3. The lowest BCUT2D eigenvalue weighted by Gasteiger charge is -2.34. The number of halogens is 2. The Morgan fingerprint density at radius 2 is 2.23 bits per heavy atom. The van der Waals surface area contributed by atoms with Crippen molar-refractivity contribution in [3.63, 3.8) is 0 Å². The molecule has 120 valence electrons. The van der Waals surface area contributed by atoms with Gasteiger partial charge in [-0.2, -0.15) is 0 Å². The van der Waals surface area contributed by atoms with Gasteiger partial charge in [0.15, 0.2) is 0 Å². The first-order chi connectivity index (χ1) is 10.5. The van der Waals surface area contributed by atoms with E-state index < -0.39 is 5.82 Å². The van der Waals surface area contributed by atoms with Gasteiger partial charge in [0.05, 0.1) is 18.2 Å². The van der Waals surface area contributed by atoms with E-state index in [9.17, 15) is 9.18 Å². The fourth-order valence-electron chi connectivity index (χ4n) is 3.26. The fourth-order valence-corrected chi connectivity index (χ4v) is 3.45. The van der Waals surface area contributed by atoms with E-state index in [0.29, 0.717) is 19.7 Å². The number of nitrogens with zero attached hydrogens (tertiary/aromatic N) is 1. The molecule has 2 aliphatic rings. The summed E-state index contributed by atoms with van der Waals surface area (Å²) in [7, 11) is 0. The molecule has 0 bridgehead atoms. The molecule has 2 N–H and O–H groups in total. The van der Waals surface area contributed by atoms with E-state index in [2.05, 4.69) is 0 Å². The fraction of sp³-hybridized carbons (Fsp3) is 0.562. The Morgan fingerprint density at radius 1 is 1.41 bits per heavy atom. The van der Waals surface area contributed by atoms with Crippen molar-refractivity contribution in [2.75, 3.05) is 19.7 Å². The Morgan fingerprint density at radius 3 is 2.91 bits per heavy atom. The minimum absolute atomic E-state index is 0.0329. The number of rotatable bonds is 2. The predicted octanol–water partition coefficient (Wildman–Crippen LogP) is 2.51. The third kappa shape index (κ3) is 3.26. The number of morpholine rings is 1. The highest BCUT2D eigenvalue weighted by molar-refractivity contribution is 6.30. The van der Waals surface area contributed by atoms with Crippen LogP contribution in [0.1, 0.15) is 30.9 Å². The number of ether oxygens (including phenoxy) is 1. The van der Waals surface area contributed by atoms with Crippen LogP contribution in [-0.2, 0) is 9.53 Å². The van der Waals surface area contributed by atoms with Crippen LogP contribution in [0, 0.1) is 11.7 Å². The molecule has 22 heavy (non-hydrogen) atoms. The zero-order chi connectivity index (χ0) is 15.7. The number of benzene rings is 1. The predicted molar refractivity (Wildman–Crippen MR) is 82.0 cm³/mol. The van der Waals surface area contributed by atoms with Crippen molar-refractivity contribution < 1.29 is 13.9 Å². The van der Waals surface area contributed by atoms with Crippen molar-refractivity contribution in [3.8, 4) is 0 Å². The average Bonchev–Trinajstić information content (AvgIpc) is 2.96. The molecule has 1 aromatic carbocycles. The highest BCUT2D eigenvalue weighted by Gasteiger charge is 2.33. The van der Waals surface area contributed by atoms with Crippen molar-refractivity contribution in [3.05, 3.63) is 34.6 Å². The van der Waals surface area contributed by atoms with Gasteiger partial charge in [-0.05, 0) is 37.0 Å². The van der Waals surface area contributed by atoms with E-state index in [0.717, 1.165) is 24.8 Å². The maximum Gasteiger partial charge on any atom is 0.225 e. The minimum Gasteiger partial charge on any atom is -0.370 e. The highest BCUT2D eigenvalue weighted by atomic mass is 35.5. The van der Waals surface area contributed by atoms with Gasteiger partial charge in [0.1, 0.15) is 11.9 Å². The second-order valence-corrected chi connectivity index (χ2v) is 6.49. The van der Waals surface area contributed by atoms with Crippen molar-refractivity contribution in [2.24, 2.45) is 11.7 Å². The maximum atomic E-state index is 13.3. The number of carbonyl (C=O) groups is 1. The van der Waals surface area contributed by atoms with Gasteiger partial charge < -0.3 is 15.4 Å². The Balaban J connectivity index is 1.68. The summed E-state index contributed by atoms with van der Waals surface area (Å²) in [5.74, 6) is -0.255. The minimum atomic E-state index is -0.450. The summed E-state index contributed by atoms with van der Waals surface area (Å²) >= 11 is 5.83. The molecule has 1 saturated heterocycles. The van der Waals surface area contributed by atoms with Crippen LogP contribution in [0.15, 0.2) is 18.2 Å². The van der Waals surface area contributed by atoms with Gasteiger partial charge in [-0.3, -0.25) is 4.79 Å². The third-order valence-corrected chi connectivity index (χ3v) is 4.81. The third-order valence-electron chi connectivity index (χ3n) is 4.52. The topological polar surface area (TPSA) is 55.6 Å². The summed E-state index contributed by atoms with van der Waals surface area (Å²) in [5.41, 5.74) is 6.69. The molecule has 6 heteroatoms. The average molecular weight is 327 g/mol. The Bertz CT molecular complexity index is 569. The van der Waals surface area contributed by atoms with Crippen LogP contribution < -0.4 is 5.73 Å². The molecule has 3 atom stereocenters. The van der Waals surface area contributed by atoms with Crippen LogP contribution in [0.25, 0.3) is 0 Å². The molecule has 4 nitrogen and oxygen atoms in total. The first-order valence-electron chi connectivity index (χ1n) is 7.65. The number of carbonyl (C=O) groups excluding carboxylic acids is 1. The Kier molecular flexibility index (Phi) is 4.66. The van der Waals surface area contributed by atoms with Crippen molar-refractivity contribution in [1.82, 2.24) is 4.90 Å². The molecule has 0 radical (unpaired) electrons. The Hall–Kier alpha value is -1.17. The van der Waals surface area contributed by atoms with Crippen molar-refractivity contribution >= 4 is 17.5 Å². The van der Waals surface area contributed by atoms with Crippen LogP contribution in [0.2, 0.25) is 5.02 Å². The molecule has 1 heterocycles. The number of amides is 1. The van der Waals surface area contributed by atoms with Gasteiger partial charge in [0.2, 0.25) is 5.91 Å². The summed E-state index contributed by atoms with van der Waals surface area (Å²) in [4.78, 5) is 14.4. The first kappa shape index (κ1) is 15.7. The molecule has 0 unspecified atom stereocenters. The van der Waals surface area contributed by atoms with Gasteiger partial charge >= 0.3 is 0 Å². The van der Waals surface area contributed by atoms with Crippen LogP contribution in [0.4, 0.5) is 4.39 Å². The van der Waals surface area contributed by atoms with Crippen LogP contribution in [-0.4, -0.2) is 36.5 Å². The van der Waals surface area contributed by atoms with Gasteiger partial charge in [0, 0.05) is 18.5 Å². The van der Waals surface area contributed by atoms with Crippen LogP contribution >= 0.6 is 11.6 Å². The Labute approximate surface area is 134 Å². The van der Waals surface area contributed by atoms with Gasteiger partial charge in [0.25, 0.3) is 0 Å². The monoisotopic (exact) mass is 326 g/mol. The van der Waals surface area contributed by atoms with Crippen LogP contribution in [0.5, 0.6) is 0 Å². The molecule has 0 spiro atoms. The summed E-state index contributed by atoms with van der Waals surface area (Å²) in [5, 5.41) is 0.0753. The number of nitrogens with two attached hydrogens (primary N) is 1. The van der Waals surface area contributed by atoms with Gasteiger partial charge in [-0.15, -0.1) is 0 Å². The SMILES string of the molecule is N[C@@H]1CC[C@@H](C(=O)N2CCO[C@H](c3ccc(F)c(Cl)c3)C2)C1. The van der Waals surface area contributed by atoms with E-state index in [1.807, 2.05) is 4.90 Å². The highest BCUT2D eigenvalue weighted by Crippen LogP contribution is 2.30. The summed E-state index contributed by atoms with van der Waals surface area (Å²) in [6.45, 7) is 1.55. The van der Waals surface area contributed by atoms with E-state index in [-0.39, 0.29) is 29.0 Å². The summed E-state index contributed by atoms with van der Waals surface area (Å²) in [6, 6.07) is 4.70.